The van der Waals surface area contributed by atoms with Gasteiger partial charge in [-0.3, -0.25) is 4.79 Å². The first-order chi connectivity index (χ1) is 10.2. The van der Waals surface area contributed by atoms with Crippen LogP contribution in [0.3, 0.4) is 0 Å². The first kappa shape index (κ1) is 18.7. The van der Waals surface area contributed by atoms with Gasteiger partial charge in [-0.25, -0.2) is 0 Å². The Bertz CT molecular complexity index is 464. The van der Waals surface area contributed by atoms with Gasteiger partial charge in [0.15, 0.2) is 0 Å². The zero-order valence-corrected chi connectivity index (χ0v) is 13.9. The fourth-order valence-electron chi connectivity index (χ4n) is 2.40. The molecule has 6 heteroatoms. The van der Waals surface area contributed by atoms with E-state index in [1.165, 1.54) is 0 Å². The summed E-state index contributed by atoms with van der Waals surface area (Å²) in [7, 11) is 0. The molecule has 0 bridgehead atoms. The minimum Gasteiger partial charge on any atom is -0.494 e. The third kappa shape index (κ3) is 5.83. The summed E-state index contributed by atoms with van der Waals surface area (Å²) in [5, 5.41) is 6.31. The van der Waals surface area contributed by atoms with Crippen LogP contribution in [-0.2, 0) is 9.53 Å². The highest BCUT2D eigenvalue weighted by Crippen LogP contribution is 2.19. The molecular weight excluding hydrogens is 304 g/mol. The topological polar surface area (TPSA) is 59.6 Å². The SMILES string of the molecule is CCOc1cccc(C(C)NC(=O)CC2COCCN2)c1.Cl. The van der Waals surface area contributed by atoms with Crippen molar-refractivity contribution in [1.29, 1.82) is 0 Å². The summed E-state index contributed by atoms with van der Waals surface area (Å²) in [6.07, 6.45) is 0.440. The molecule has 0 spiro atoms. The summed E-state index contributed by atoms with van der Waals surface area (Å²) >= 11 is 0. The van der Waals surface area contributed by atoms with E-state index >= 15 is 0 Å². The Morgan fingerprint density at radius 2 is 2.36 bits per heavy atom. The van der Waals surface area contributed by atoms with Crippen molar-refractivity contribution < 1.29 is 14.3 Å². The lowest BCUT2D eigenvalue weighted by molar-refractivity contribution is -0.122. The first-order valence-corrected chi connectivity index (χ1v) is 7.52. The van der Waals surface area contributed by atoms with Crippen molar-refractivity contribution in [2.75, 3.05) is 26.4 Å². The van der Waals surface area contributed by atoms with Gasteiger partial charge in [-0.05, 0) is 31.5 Å². The van der Waals surface area contributed by atoms with Crippen molar-refractivity contribution in [3.8, 4) is 5.75 Å². The van der Waals surface area contributed by atoms with E-state index in [-0.39, 0.29) is 30.4 Å². The van der Waals surface area contributed by atoms with Crippen LogP contribution in [0.15, 0.2) is 24.3 Å². The van der Waals surface area contributed by atoms with Gasteiger partial charge in [0, 0.05) is 19.0 Å². The molecule has 1 aromatic carbocycles. The van der Waals surface area contributed by atoms with Gasteiger partial charge in [-0.15, -0.1) is 12.4 Å². The molecule has 0 saturated carbocycles. The van der Waals surface area contributed by atoms with Gasteiger partial charge in [0.1, 0.15) is 5.75 Å². The summed E-state index contributed by atoms with van der Waals surface area (Å²) in [6, 6.07) is 7.90. The van der Waals surface area contributed by atoms with Gasteiger partial charge in [-0.2, -0.15) is 0 Å². The van der Waals surface area contributed by atoms with Gasteiger partial charge in [0.05, 0.1) is 25.9 Å². The molecular formula is C16H25ClN2O3. The molecule has 5 nitrogen and oxygen atoms in total. The highest BCUT2D eigenvalue weighted by Gasteiger charge is 2.18. The number of halogens is 1. The van der Waals surface area contributed by atoms with Gasteiger partial charge < -0.3 is 20.1 Å². The number of ether oxygens (including phenoxy) is 2. The summed E-state index contributed by atoms with van der Waals surface area (Å²) < 4.78 is 10.8. The number of carbonyl (C=O) groups is 1. The second kappa shape index (κ2) is 9.66. The van der Waals surface area contributed by atoms with E-state index in [9.17, 15) is 4.79 Å². The van der Waals surface area contributed by atoms with Crippen LogP contribution in [0.5, 0.6) is 5.75 Å². The third-order valence-corrected chi connectivity index (χ3v) is 3.48. The molecule has 1 fully saturated rings. The molecule has 1 aromatic rings. The highest BCUT2D eigenvalue weighted by atomic mass is 35.5. The fourth-order valence-corrected chi connectivity index (χ4v) is 2.40. The first-order valence-electron chi connectivity index (χ1n) is 7.52. The molecule has 2 rings (SSSR count). The third-order valence-electron chi connectivity index (χ3n) is 3.48. The van der Waals surface area contributed by atoms with E-state index in [1.807, 2.05) is 38.1 Å². The normalized spacial score (nSPS) is 18.9. The Balaban J connectivity index is 0.00000242. The monoisotopic (exact) mass is 328 g/mol. The number of carbonyl (C=O) groups excluding carboxylic acids is 1. The van der Waals surface area contributed by atoms with Crippen LogP contribution in [0.25, 0.3) is 0 Å². The molecule has 0 radical (unpaired) electrons. The van der Waals surface area contributed by atoms with Crippen LogP contribution in [-0.4, -0.2) is 38.3 Å². The van der Waals surface area contributed by atoms with E-state index in [1.54, 1.807) is 0 Å². The second-order valence-electron chi connectivity index (χ2n) is 5.22. The minimum absolute atomic E-state index is 0. The van der Waals surface area contributed by atoms with E-state index in [4.69, 9.17) is 9.47 Å². The fraction of sp³-hybridized carbons (Fsp3) is 0.562. The van der Waals surface area contributed by atoms with Crippen LogP contribution in [0, 0.1) is 0 Å². The molecule has 124 valence electrons. The molecule has 2 atom stereocenters. The van der Waals surface area contributed by atoms with Crippen molar-refractivity contribution in [3.05, 3.63) is 29.8 Å². The number of morpholine rings is 1. The smallest absolute Gasteiger partial charge is 0.222 e. The average molecular weight is 329 g/mol. The van der Waals surface area contributed by atoms with Gasteiger partial charge >= 0.3 is 0 Å². The maximum absolute atomic E-state index is 12.1. The van der Waals surface area contributed by atoms with Crippen molar-refractivity contribution >= 4 is 18.3 Å². The van der Waals surface area contributed by atoms with Crippen molar-refractivity contribution in [3.63, 3.8) is 0 Å². The Morgan fingerprint density at radius 3 is 3.05 bits per heavy atom. The second-order valence-corrected chi connectivity index (χ2v) is 5.22. The standard InChI is InChI=1S/C16H24N2O3.ClH/c1-3-21-15-6-4-5-13(9-15)12(2)18-16(19)10-14-11-20-8-7-17-14;/h4-6,9,12,14,17H,3,7-8,10-11H2,1-2H3,(H,18,19);1H. The average Bonchev–Trinajstić information content (AvgIpc) is 2.48. The van der Waals surface area contributed by atoms with E-state index < -0.39 is 0 Å². The predicted octanol–water partition coefficient (Wildman–Crippen LogP) is 2.06. The molecule has 1 amide bonds. The molecule has 1 saturated heterocycles. The van der Waals surface area contributed by atoms with Crippen LogP contribution in [0.4, 0.5) is 0 Å². The number of benzene rings is 1. The number of amides is 1. The molecule has 22 heavy (non-hydrogen) atoms. The Hall–Kier alpha value is -1.30. The van der Waals surface area contributed by atoms with Gasteiger partial charge in [0.25, 0.3) is 0 Å². The number of hydrogen-bond donors (Lipinski definition) is 2. The quantitative estimate of drug-likeness (QED) is 0.839. The zero-order valence-electron chi connectivity index (χ0n) is 13.1. The van der Waals surface area contributed by atoms with Crippen LogP contribution < -0.4 is 15.4 Å². The van der Waals surface area contributed by atoms with Crippen LogP contribution >= 0.6 is 12.4 Å². The molecule has 0 aliphatic carbocycles. The Kier molecular flexibility index (Phi) is 8.24. The lowest BCUT2D eigenvalue weighted by Gasteiger charge is -2.24. The lowest BCUT2D eigenvalue weighted by Crippen LogP contribution is -2.44. The van der Waals surface area contributed by atoms with Crippen LogP contribution in [0.2, 0.25) is 0 Å². The summed E-state index contributed by atoms with van der Waals surface area (Å²) in [4.78, 5) is 12.1. The summed E-state index contributed by atoms with van der Waals surface area (Å²) in [6.45, 7) is 6.70. The molecule has 2 unspecified atom stereocenters. The predicted molar refractivity (Wildman–Crippen MR) is 88.6 cm³/mol. The van der Waals surface area contributed by atoms with Crippen LogP contribution in [0.1, 0.15) is 31.9 Å². The van der Waals surface area contributed by atoms with E-state index in [0.717, 1.165) is 24.5 Å². The minimum atomic E-state index is -0.0394. The van der Waals surface area contributed by atoms with Gasteiger partial charge in [-0.1, -0.05) is 12.1 Å². The zero-order chi connectivity index (χ0) is 15.1. The molecule has 0 aromatic heterocycles. The molecule has 1 aliphatic rings. The highest BCUT2D eigenvalue weighted by molar-refractivity contribution is 5.85. The Labute approximate surface area is 138 Å². The van der Waals surface area contributed by atoms with E-state index in [0.29, 0.717) is 19.6 Å². The lowest BCUT2D eigenvalue weighted by atomic mass is 10.1. The largest absolute Gasteiger partial charge is 0.494 e. The maximum atomic E-state index is 12.1. The summed E-state index contributed by atoms with van der Waals surface area (Å²) in [5.41, 5.74) is 1.04. The molecule has 2 N–H and O–H groups in total. The van der Waals surface area contributed by atoms with Crippen molar-refractivity contribution in [1.82, 2.24) is 10.6 Å². The van der Waals surface area contributed by atoms with Crippen molar-refractivity contribution in [2.45, 2.75) is 32.4 Å². The number of nitrogens with one attached hydrogen (secondary N) is 2. The van der Waals surface area contributed by atoms with E-state index in [2.05, 4.69) is 10.6 Å². The molecule has 1 heterocycles. The Morgan fingerprint density at radius 1 is 1.55 bits per heavy atom. The maximum Gasteiger partial charge on any atom is 0.222 e. The molecule has 1 aliphatic heterocycles. The number of hydrogen-bond acceptors (Lipinski definition) is 4. The number of rotatable bonds is 6. The van der Waals surface area contributed by atoms with Gasteiger partial charge in [0.2, 0.25) is 5.91 Å². The van der Waals surface area contributed by atoms with Crippen molar-refractivity contribution in [2.24, 2.45) is 0 Å². The summed E-state index contributed by atoms with van der Waals surface area (Å²) in [5.74, 6) is 0.866.